The lowest BCUT2D eigenvalue weighted by atomic mass is 10.1. The van der Waals surface area contributed by atoms with Crippen LogP contribution in [0.15, 0.2) is 71.5 Å². The molecule has 0 spiro atoms. The second-order valence-corrected chi connectivity index (χ2v) is 6.58. The molecule has 0 radical (unpaired) electrons. The van der Waals surface area contributed by atoms with E-state index in [1.807, 2.05) is 43.5 Å². The number of hydrogen-bond acceptors (Lipinski definition) is 3. The molecule has 0 saturated heterocycles. The summed E-state index contributed by atoms with van der Waals surface area (Å²) in [5, 5.41) is 1.19. The number of H-pyrrole nitrogens is 1. The number of nitrogens with zero attached hydrogens (tertiary/aromatic N) is 2. The molecule has 3 heterocycles. The molecular weight excluding hydrogens is 338 g/mol. The maximum Gasteiger partial charge on any atom is 0.289 e. The number of amides is 1. The highest BCUT2D eigenvalue weighted by atomic mass is 16.3. The number of pyridine rings is 1. The van der Waals surface area contributed by atoms with Crippen molar-refractivity contribution in [1.82, 2.24) is 14.9 Å². The molecule has 0 aliphatic rings. The first-order valence-electron chi connectivity index (χ1n) is 9.01. The van der Waals surface area contributed by atoms with Crippen LogP contribution in [0, 0.1) is 6.92 Å². The van der Waals surface area contributed by atoms with E-state index in [1.165, 1.54) is 17.2 Å². The molecule has 0 saturated carbocycles. The van der Waals surface area contributed by atoms with Crippen LogP contribution in [0.2, 0.25) is 0 Å². The smallest absolute Gasteiger partial charge is 0.289 e. The molecule has 3 aromatic heterocycles. The number of fused-ring (bicyclic) bond motifs is 1. The van der Waals surface area contributed by atoms with Crippen LogP contribution in [0.25, 0.3) is 10.9 Å². The molecule has 0 bridgehead atoms. The normalized spacial score (nSPS) is 11.0. The first kappa shape index (κ1) is 17.1. The van der Waals surface area contributed by atoms with Gasteiger partial charge in [0, 0.05) is 29.3 Å². The van der Waals surface area contributed by atoms with Crippen molar-refractivity contribution in [1.29, 1.82) is 0 Å². The number of benzene rings is 1. The van der Waals surface area contributed by atoms with Gasteiger partial charge in [-0.25, -0.2) is 0 Å². The number of rotatable bonds is 6. The SMILES string of the molecule is Cc1cccc(CN(CCc2c[nH]c3ccccc23)C(=O)c2ccco2)n1. The van der Waals surface area contributed by atoms with Gasteiger partial charge in [0.05, 0.1) is 18.5 Å². The maximum atomic E-state index is 12.9. The summed E-state index contributed by atoms with van der Waals surface area (Å²) in [6.07, 6.45) is 4.30. The number of aromatic amines is 1. The second kappa shape index (κ2) is 7.50. The Morgan fingerprint density at radius 2 is 2.00 bits per heavy atom. The molecule has 1 aromatic carbocycles. The fraction of sp³-hybridized carbons (Fsp3) is 0.182. The van der Waals surface area contributed by atoms with Crippen LogP contribution in [0.5, 0.6) is 0 Å². The van der Waals surface area contributed by atoms with Gasteiger partial charge in [-0.3, -0.25) is 9.78 Å². The van der Waals surface area contributed by atoms with Gasteiger partial charge >= 0.3 is 0 Å². The second-order valence-electron chi connectivity index (χ2n) is 6.58. The van der Waals surface area contributed by atoms with Gasteiger partial charge in [-0.1, -0.05) is 24.3 Å². The van der Waals surface area contributed by atoms with E-state index in [1.54, 1.807) is 17.0 Å². The maximum absolute atomic E-state index is 12.9. The lowest BCUT2D eigenvalue weighted by Crippen LogP contribution is -2.32. The van der Waals surface area contributed by atoms with E-state index in [0.29, 0.717) is 18.8 Å². The predicted molar refractivity (Wildman–Crippen MR) is 104 cm³/mol. The monoisotopic (exact) mass is 359 g/mol. The van der Waals surface area contributed by atoms with Crippen LogP contribution in [0.1, 0.15) is 27.5 Å². The third kappa shape index (κ3) is 3.77. The van der Waals surface area contributed by atoms with E-state index in [0.717, 1.165) is 23.3 Å². The average molecular weight is 359 g/mol. The number of furan rings is 1. The van der Waals surface area contributed by atoms with Gasteiger partial charge in [-0.05, 0) is 49.2 Å². The van der Waals surface area contributed by atoms with Gasteiger partial charge < -0.3 is 14.3 Å². The van der Waals surface area contributed by atoms with Crippen molar-refractivity contribution in [3.63, 3.8) is 0 Å². The number of carbonyl (C=O) groups is 1. The summed E-state index contributed by atoms with van der Waals surface area (Å²) in [5.41, 5.74) is 4.11. The highest BCUT2D eigenvalue weighted by Gasteiger charge is 2.19. The lowest BCUT2D eigenvalue weighted by Gasteiger charge is -2.21. The van der Waals surface area contributed by atoms with Crippen molar-refractivity contribution >= 4 is 16.8 Å². The minimum absolute atomic E-state index is 0.122. The number of carbonyl (C=O) groups excluding carboxylic acids is 1. The Balaban J connectivity index is 1.56. The quantitative estimate of drug-likeness (QED) is 0.557. The van der Waals surface area contributed by atoms with Gasteiger partial charge in [-0.15, -0.1) is 0 Å². The Kier molecular flexibility index (Phi) is 4.75. The molecule has 4 aromatic rings. The number of aromatic nitrogens is 2. The summed E-state index contributed by atoms with van der Waals surface area (Å²) in [5.74, 6) is 0.227. The highest BCUT2D eigenvalue weighted by molar-refractivity contribution is 5.91. The molecule has 0 unspecified atom stereocenters. The van der Waals surface area contributed by atoms with Crippen LogP contribution in [-0.2, 0) is 13.0 Å². The zero-order chi connectivity index (χ0) is 18.6. The number of aryl methyl sites for hydroxylation is 1. The molecule has 0 aliphatic heterocycles. The number of para-hydroxylation sites is 1. The molecule has 136 valence electrons. The van der Waals surface area contributed by atoms with Crippen molar-refractivity contribution in [2.24, 2.45) is 0 Å². The molecule has 0 atom stereocenters. The first-order chi connectivity index (χ1) is 13.2. The van der Waals surface area contributed by atoms with Gasteiger partial charge in [0.25, 0.3) is 5.91 Å². The van der Waals surface area contributed by atoms with Crippen molar-refractivity contribution in [3.8, 4) is 0 Å². The molecular formula is C22H21N3O2. The van der Waals surface area contributed by atoms with E-state index in [-0.39, 0.29) is 5.91 Å². The fourth-order valence-electron chi connectivity index (χ4n) is 3.29. The van der Waals surface area contributed by atoms with Crippen LogP contribution < -0.4 is 0 Å². The Labute approximate surface area is 157 Å². The third-order valence-corrected chi connectivity index (χ3v) is 4.64. The summed E-state index contributed by atoms with van der Waals surface area (Å²) in [7, 11) is 0. The Bertz CT molecular complexity index is 1050. The molecule has 0 aliphatic carbocycles. The minimum atomic E-state index is -0.122. The Morgan fingerprint density at radius 3 is 2.81 bits per heavy atom. The lowest BCUT2D eigenvalue weighted by molar-refractivity contribution is 0.0711. The Morgan fingerprint density at radius 1 is 1.11 bits per heavy atom. The first-order valence-corrected chi connectivity index (χ1v) is 9.01. The Hall–Kier alpha value is -3.34. The van der Waals surface area contributed by atoms with Crippen LogP contribution in [0.4, 0.5) is 0 Å². The largest absolute Gasteiger partial charge is 0.459 e. The molecule has 5 nitrogen and oxygen atoms in total. The van der Waals surface area contributed by atoms with Crippen molar-refractivity contribution in [3.05, 3.63) is 89.8 Å². The van der Waals surface area contributed by atoms with Crippen molar-refractivity contribution < 1.29 is 9.21 Å². The van der Waals surface area contributed by atoms with Crippen LogP contribution in [0.3, 0.4) is 0 Å². The van der Waals surface area contributed by atoms with Gasteiger partial charge in [0.15, 0.2) is 5.76 Å². The van der Waals surface area contributed by atoms with E-state index in [4.69, 9.17) is 4.42 Å². The van der Waals surface area contributed by atoms with Gasteiger partial charge in [-0.2, -0.15) is 0 Å². The van der Waals surface area contributed by atoms with Gasteiger partial charge in [0.2, 0.25) is 0 Å². The predicted octanol–water partition coefficient (Wildman–Crippen LogP) is 4.35. The molecule has 1 amide bonds. The fourth-order valence-corrected chi connectivity index (χ4v) is 3.29. The molecule has 4 rings (SSSR count). The van der Waals surface area contributed by atoms with Crippen molar-refractivity contribution in [2.45, 2.75) is 19.9 Å². The zero-order valence-corrected chi connectivity index (χ0v) is 15.2. The van der Waals surface area contributed by atoms with E-state index < -0.39 is 0 Å². The number of hydrogen-bond donors (Lipinski definition) is 1. The average Bonchev–Trinajstić information content (AvgIpc) is 3.35. The topological polar surface area (TPSA) is 62.1 Å². The molecule has 5 heteroatoms. The summed E-state index contributed by atoms with van der Waals surface area (Å²) >= 11 is 0. The zero-order valence-electron chi connectivity index (χ0n) is 15.2. The van der Waals surface area contributed by atoms with E-state index >= 15 is 0 Å². The van der Waals surface area contributed by atoms with Crippen LogP contribution in [-0.4, -0.2) is 27.3 Å². The summed E-state index contributed by atoms with van der Waals surface area (Å²) in [4.78, 5) is 22.5. The van der Waals surface area contributed by atoms with E-state index in [9.17, 15) is 4.79 Å². The highest BCUT2D eigenvalue weighted by Crippen LogP contribution is 2.19. The molecule has 1 N–H and O–H groups in total. The molecule has 0 fully saturated rings. The standard InChI is InChI=1S/C22H21N3O2/c1-16-6-4-7-18(24-16)15-25(22(26)21-10-5-13-27-21)12-11-17-14-23-20-9-3-2-8-19(17)20/h2-10,13-14,23H,11-12,15H2,1H3. The molecule has 27 heavy (non-hydrogen) atoms. The summed E-state index contributed by atoms with van der Waals surface area (Å²) in [6.45, 7) is 2.98. The minimum Gasteiger partial charge on any atom is -0.459 e. The van der Waals surface area contributed by atoms with Crippen molar-refractivity contribution in [2.75, 3.05) is 6.54 Å². The van der Waals surface area contributed by atoms with Gasteiger partial charge in [0.1, 0.15) is 0 Å². The van der Waals surface area contributed by atoms with Crippen LogP contribution >= 0.6 is 0 Å². The summed E-state index contributed by atoms with van der Waals surface area (Å²) < 4.78 is 5.33. The third-order valence-electron chi connectivity index (χ3n) is 4.64. The van der Waals surface area contributed by atoms with E-state index in [2.05, 4.69) is 22.1 Å². The number of nitrogens with one attached hydrogen (secondary N) is 1. The summed E-state index contributed by atoms with van der Waals surface area (Å²) in [6, 6.07) is 17.5.